The SMILES string of the molecule is CCNCCCC(c1ccccc1)C1Cc2ccccc2C1. The van der Waals surface area contributed by atoms with Crippen LogP contribution in [0.1, 0.15) is 42.4 Å². The number of fused-ring (bicyclic) bond motifs is 1. The van der Waals surface area contributed by atoms with E-state index in [9.17, 15) is 0 Å². The molecule has 0 radical (unpaired) electrons. The highest BCUT2D eigenvalue weighted by molar-refractivity contribution is 5.34. The second kappa shape index (κ2) is 7.60. The Kier molecular flexibility index (Phi) is 5.29. The third-order valence-corrected chi connectivity index (χ3v) is 5.00. The fourth-order valence-corrected chi connectivity index (χ4v) is 3.88. The van der Waals surface area contributed by atoms with Crippen molar-refractivity contribution in [2.24, 2.45) is 5.92 Å². The van der Waals surface area contributed by atoms with Gasteiger partial charge in [0.1, 0.15) is 0 Å². The molecule has 0 aliphatic heterocycles. The summed E-state index contributed by atoms with van der Waals surface area (Å²) < 4.78 is 0. The molecular weight excluding hydrogens is 266 g/mol. The minimum absolute atomic E-state index is 0.687. The van der Waals surface area contributed by atoms with E-state index in [-0.39, 0.29) is 0 Å². The monoisotopic (exact) mass is 293 g/mol. The molecule has 0 heterocycles. The third kappa shape index (κ3) is 3.59. The number of hydrogen-bond acceptors (Lipinski definition) is 1. The maximum Gasteiger partial charge on any atom is -0.00488 e. The molecule has 2 aromatic carbocycles. The Morgan fingerprint density at radius 1 is 0.955 bits per heavy atom. The minimum Gasteiger partial charge on any atom is -0.317 e. The van der Waals surface area contributed by atoms with Crippen molar-refractivity contribution in [3.8, 4) is 0 Å². The lowest BCUT2D eigenvalue weighted by atomic mass is 9.81. The molecule has 0 saturated heterocycles. The van der Waals surface area contributed by atoms with Crippen LogP contribution < -0.4 is 5.32 Å². The molecule has 0 bridgehead atoms. The first kappa shape index (κ1) is 15.3. The summed E-state index contributed by atoms with van der Waals surface area (Å²) in [6, 6.07) is 20.1. The van der Waals surface area contributed by atoms with Crippen LogP contribution in [0.25, 0.3) is 0 Å². The molecule has 0 aromatic heterocycles. The molecule has 1 aliphatic rings. The summed E-state index contributed by atoms with van der Waals surface area (Å²) in [4.78, 5) is 0. The topological polar surface area (TPSA) is 12.0 Å². The van der Waals surface area contributed by atoms with Gasteiger partial charge >= 0.3 is 0 Å². The summed E-state index contributed by atoms with van der Waals surface area (Å²) in [5.74, 6) is 1.45. The largest absolute Gasteiger partial charge is 0.317 e. The molecule has 22 heavy (non-hydrogen) atoms. The highest BCUT2D eigenvalue weighted by Crippen LogP contribution is 2.39. The summed E-state index contributed by atoms with van der Waals surface area (Å²) in [5.41, 5.74) is 4.66. The maximum absolute atomic E-state index is 3.46. The van der Waals surface area contributed by atoms with E-state index in [0.29, 0.717) is 5.92 Å². The van der Waals surface area contributed by atoms with Gasteiger partial charge in [-0.2, -0.15) is 0 Å². The Bertz CT molecular complexity index is 550. The van der Waals surface area contributed by atoms with E-state index in [1.807, 2.05) is 0 Å². The third-order valence-electron chi connectivity index (χ3n) is 5.00. The lowest BCUT2D eigenvalue weighted by Crippen LogP contribution is -2.18. The molecule has 3 rings (SSSR count). The van der Waals surface area contributed by atoms with Gasteiger partial charge in [-0.05, 0) is 67.3 Å². The Hall–Kier alpha value is -1.60. The first-order chi connectivity index (χ1) is 10.9. The molecule has 0 amide bonds. The zero-order valence-electron chi connectivity index (χ0n) is 13.6. The number of benzene rings is 2. The fraction of sp³-hybridized carbons (Fsp3) is 0.429. The van der Waals surface area contributed by atoms with Crippen molar-refractivity contribution in [1.29, 1.82) is 0 Å². The van der Waals surface area contributed by atoms with E-state index in [4.69, 9.17) is 0 Å². The van der Waals surface area contributed by atoms with E-state index >= 15 is 0 Å². The van der Waals surface area contributed by atoms with Crippen LogP contribution in [-0.4, -0.2) is 13.1 Å². The zero-order valence-corrected chi connectivity index (χ0v) is 13.6. The number of hydrogen-bond donors (Lipinski definition) is 1. The minimum atomic E-state index is 0.687. The van der Waals surface area contributed by atoms with Crippen LogP contribution in [0.3, 0.4) is 0 Å². The van der Waals surface area contributed by atoms with Crippen LogP contribution in [0.4, 0.5) is 0 Å². The molecule has 0 spiro atoms. The first-order valence-corrected chi connectivity index (χ1v) is 8.71. The summed E-state index contributed by atoms with van der Waals surface area (Å²) in [7, 11) is 0. The molecule has 0 fully saturated rings. The molecule has 2 aromatic rings. The summed E-state index contributed by atoms with van der Waals surface area (Å²) in [5, 5.41) is 3.46. The van der Waals surface area contributed by atoms with Gasteiger partial charge in [-0.25, -0.2) is 0 Å². The maximum atomic E-state index is 3.46. The van der Waals surface area contributed by atoms with Crippen molar-refractivity contribution in [3.63, 3.8) is 0 Å². The molecule has 116 valence electrons. The molecule has 1 N–H and O–H groups in total. The Morgan fingerprint density at radius 3 is 2.23 bits per heavy atom. The van der Waals surface area contributed by atoms with Crippen molar-refractivity contribution < 1.29 is 0 Å². The standard InChI is InChI=1S/C21H27N/c1-2-22-14-8-13-21(17-9-4-3-5-10-17)20-15-18-11-6-7-12-19(18)16-20/h3-7,9-12,20-22H,2,8,13-16H2,1H3. The van der Waals surface area contributed by atoms with Gasteiger partial charge in [-0.3, -0.25) is 0 Å². The second-order valence-corrected chi connectivity index (χ2v) is 6.45. The van der Waals surface area contributed by atoms with Crippen molar-refractivity contribution in [2.45, 2.75) is 38.5 Å². The summed E-state index contributed by atoms with van der Waals surface area (Å²) in [6.45, 7) is 4.40. The molecule has 1 heteroatoms. The van der Waals surface area contributed by atoms with E-state index < -0.39 is 0 Å². The second-order valence-electron chi connectivity index (χ2n) is 6.45. The zero-order chi connectivity index (χ0) is 15.2. The van der Waals surface area contributed by atoms with Crippen LogP contribution in [0.15, 0.2) is 54.6 Å². The quantitative estimate of drug-likeness (QED) is 0.737. The number of nitrogens with one attached hydrogen (secondary N) is 1. The molecule has 1 aliphatic carbocycles. The van der Waals surface area contributed by atoms with E-state index in [0.717, 1.165) is 19.0 Å². The fourth-order valence-electron chi connectivity index (χ4n) is 3.88. The highest BCUT2D eigenvalue weighted by atomic mass is 14.8. The molecule has 1 atom stereocenters. The lowest BCUT2D eigenvalue weighted by Gasteiger charge is -2.24. The van der Waals surface area contributed by atoms with Crippen LogP contribution in [0.5, 0.6) is 0 Å². The smallest absolute Gasteiger partial charge is 0.00488 e. The van der Waals surface area contributed by atoms with Gasteiger partial charge in [-0.15, -0.1) is 0 Å². The van der Waals surface area contributed by atoms with Gasteiger partial charge in [0.25, 0.3) is 0 Å². The van der Waals surface area contributed by atoms with Gasteiger partial charge in [-0.1, -0.05) is 61.5 Å². The Morgan fingerprint density at radius 2 is 1.59 bits per heavy atom. The Labute approximate surface area is 134 Å². The van der Waals surface area contributed by atoms with E-state index in [2.05, 4.69) is 66.8 Å². The van der Waals surface area contributed by atoms with Gasteiger partial charge in [0.15, 0.2) is 0 Å². The summed E-state index contributed by atoms with van der Waals surface area (Å²) >= 11 is 0. The Balaban J connectivity index is 1.72. The molecule has 0 saturated carbocycles. The number of rotatable bonds is 7. The van der Waals surface area contributed by atoms with Crippen molar-refractivity contribution in [2.75, 3.05) is 13.1 Å². The van der Waals surface area contributed by atoms with Gasteiger partial charge in [0.2, 0.25) is 0 Å². The molecular formula is C21H27N. The average Bonchev–Trinajstić information content (AvgIpc) is 2.99. The first-order valence-electron chi connectivity index (χ1n) is 8.71. The normalized spacial score (nSPS) is 15.7. The highest BCUT2D eigenvalue weighted by Gasteiger charge is 2.29. The summed E-state index contributed by atoms with van der Waals surface area (Å²) in [6.07, 6.45) is 5.05. The predicted octanol–water partition coefficient (Wildman–Crippen LogP) is 4.57. The van der Waals surface area contributed by atoms with E-state index in [1.165, 1.54) is 31.2 Å². The molecule has 1 nitrogen and oxygen atoms in total. The molecule has 1 unspecified atom stereocenters. The van der Waals surface area contributed by atoms with Crippen LogP contribution in [0, 0.1) is 5.92 Å². The van der Waals surface area contributed by atoms with Crippen molar-refractivity contribution in [1.82, 2.24) is 5.32 Å². The van der Waals surface area contributed by atoms with Crippen molar-refractivity contribution >= 4 is 0 Å². The predicted molar refractivity (Wildman–Crippen MR) is 94.3 cm³/mol. The average molecular weight is 293 g/mol. The van der Waals surface area contributed by atoms with E-state index in [1.54, 1.807) is 11.1 Å². The van der Waals surface area contributed by atoms with Crippen LogP contribution in [-0.2, 0) is 12.8 Å². The van der Waals surface area contributed by atoms with Gasteiger partial charge in [0.05, 0.1) is 0 Å². The lowest BCUT2D eigenvalue weighted by molar-refractivity contribution is 0.406. The van der Waals surface area contributed by atoms with Crippen LogP contribution >= 0.6 is 0 Å². The van der Waals surface area contributed by atoms with Crippen LogP contribution in [0.2, 0.25) is 0 Å². The van der Waals surface area contributed by atoms with Gasteiger partial charge < -0.3 is 5.32 Å². The van der Waals surface area contributed by atoms with Crippen molar-refractivity contribution in [3.05, 3.63) is 71.3 Å². The van der Waals surface area contributed by atoms with Gasteiger partial charge in [0, 0.05) is 0 Å².